The van der Waals surface area contributed by atoms with Crippen LogP contribution in [-0.4, -0.2) is 30.6 Å². The molecule has 0 aromatic heterocycles. The molecule has 0 spiro atoms. The molecule has 0 aromatic rings. The summed E-state index contributed by atoms with van der Waals surface area (Å²) in [5.74, 6) is 5.95. The average Bonchev–Trinajstić information content (AvgIpc) is 2.36. The van der Waals surface area contributed by atoms with Crippen LogP contribution in [0.4, 0.5) is 0 Å². The molecular formula is C16H33N3. The lowest BCUT2D eigenvalue weighted by Gasteiger charge is -2.46. The van der Waals surface area contributed by atoms with Gasteiger partial charge >= 0.3 is 0 Å². The summed E-state index contributed by atoms with van der Waals surface area (Å²) in [6.07, 6.45) is 12.5. The molecule has 1 aliphatic rings. The number of nitrogens with two attached hydrogens (primary N) is 1. The monoisotopic (exact) mass is 267 g/mol. The van der Waals surface area contributed by atoms with Gasteiger partial charge in [0.2, 0.25) is 0 Å². The molecule has 3 N–H and O–H groups in total. The van der Waals surface area contributed by atoms with E-state index in [1.54, 1.807) is 0 Å². The van der Waals surface area contributed by atoms with Crippen LogP contribution in [0.25, 0.3) is 0 Å². The average molecular weight is 267 g/mol. The predicted molar refractivity (Wildman–Crippen MR) is 83.9 cm³/mol. The highest BCUT2D eigenvalue weighted by Crippen LogP contribution is 2.32. The fraction of sp³-hybridized carbons (Fsp3) is 0.875. The molecule has 19 heavy (non-hydrogen) atoms. The smallest absolute Gasteiger partial charge is 0.0603 e. The van der Waals surface area contributed by atoms with Gasteiger partial charge in [-0.2, -0.15) is 0 Å². The molecular weight excluding hydrogens is 234 g/mol. The van der Waals surface area contributed by atoms with Crippen molar-refractivity contribution in [3.63, 3.8) is 0 Å². The number of likely N-dealkylation sites (N-methyl/N-ethyl adjacent to an activating group) is 1. The van der Waals surface area contributed by atoms with Crippen LogP contribution >= 0.6 is 0 Å². The Labute approximate surface area is 119 Å². The van der Waals surface area contributed by atoms with E-state index in [-0.39, 0.29) is 11.6 Å². The molecule has 0 bridgehead atoms. The highest BCUT2D eigenvalue weighted by Gasteiger charge is 2.39. The Balaban J connectivity index is 3.01. The number of nitrogens with zero attached hydrogens (tertiary/aromatic N) is 1. The largest absolute Gasteiger partial charge is 0.302 e. The van der Waals surface area contributed by atoms with Gasteiger partial charge in [0, 0.05) is 5.54 Å². The standard InChI is InChI=1S/C16H33N3/c1-5-16(6-2,19(3)4)15(18-17)14-12-10-8-7-9-11-13-14/h12,15,18H,5-11,13,17H2,1-4H3. The van der Waals surface area contributed by atoms with E-state index in [0.29, 0.717) is 0 Å². The Kier molecular flexibility index (Phi) is 7.05. The Morgan fingerprint density at radius 1 is 1.21 bits per heavy atom. The lowest BCUT2D eigenvalue weighted by molar-refractivity contribution is 0.101. The van der Waals surface area contributed by atoms with E-state index in [1.807, 2.05) is 0 Å². The topological polar surface area (TPSA) is 41.3 Å². The summed E-state index contributed by atoms with van der Waals surface area (Å²) in [4.78, 5) is 2.36. The first kappa shape index (κ1) is 16.7. The van der Waals surface area contributed by atoms with Crippen LogP contribution in [0.5, 0.6) is 0 Å². The molecule has 0 saturated heterocycles. The number of hydrogen-bond donors (Lipinski definition) is 2. The molecule has 112 valence electrons. The summed E-state index contributed by atoms with van der Waals surface area (Å²) < 4.78 is 0. The third-order valence-corrected chi connectivity index (χ3v) is 5.02. The van der Waals surface area contributed by atoms with Crippen LogP contribution in [0.3, 0.4) is 0 Å². The molecule has 0 radical (unpaired) electrons. The van der Waals surface area contributed by atoms with Crippen molar-refractivity contribution in [2.45, 2.75) is 76.8 Å². The van der Waals surface area contributed by atoms with Crippen molar-refractivity contribution in [3.05, 3.63) is 11.6 Å². The Morgan fingerprint density at radius 2 is 1.84 bits per heavy atom. The molecule has 0 fully saturated rings. The second-order valence-corrected chi connectivity index (χ2v) is 6.04. The molecule has 0 amide bonds. The van der Waals surface area contributed by atoms with Crippen LogP contribution in [0.1, 0.15) is 65.2 Å². The van der Waals surface area contributed by atoms with Gasteiger partial charge in [-0.1, -0.05) is 38.3 Å². The van der Waals surface area contributed by atoms with E-state index < -0.39 is 0 Å². The van der Waals surface area contributed by atoms with Crippen molar-refractivity contribution in [2.24, 2.45) is 5.84 Å². The third kappa shape index (κ3) is 3.80. The molecule has 1 unspecified atom stereocenters. The zero-order valence-electron chi connectivity index (χ0n) is 13.3. The van der Waals surface area contributed by atoms with Crippen molar-refractivity contribution in [1.29, 1.82) is 0 Å². The molecule has 1 aliphatic carbocycles. The van der Waals surface area contributed by atoms with Gasteiger partial charge in [-0.15, -0.1) is 0 Å². The zero-order valence-corrected chi connectivity index (χ0v) is 13.3. The fourth-order valence-corrected chi connectivity index (χ4v) is 3.63. The van der Waals surface area contributed by atoms with E-state index in [4.69, 9.17) is 5.84 Å². The number of hydrogen-bond acceptors (Lipinski definition) is 3. The molecule has 3 nitrogen and oxygen atoms in total. The van der Waals surface area contributed by atoms with Gasteiger partial charge in [-0.05, 0) is 52.6 Å². The van der Waals surface area contributed by atoms with E-state index in [9.17, 15) is 0 Å². The number of hydrazine groups is 1. The second kappa shape index (κ2) is 8.03. The first-order valence-corrected chi connectivity index (χ1v) is 7.94. The molecule has 1 atom stereocenters. The molecule has 0 heterocycles. The van der Waals surface area contributed by atoms with Crippen LogP contribution in [0.15, 0.2) is 11.6 Å². The number of rotatable bonds is 6. The maximum absolute atomic E-state index is 5.95. The van der Waals surface area contributed by atoms with Crippen molar-refractivity contribution in [1.82, 2.24) is 10.3 Å². The lowest BCUT2D eigenvalue weighted by Crippen LogP contribution is -2.61. The number of allylic oxidation sites excluding steroid dienone is 1. The minimum Gasteiger partial charge on any atom is -0.302 e. The maximum atomic E-state index is 5.95. The first-order valence-electron chi connectivity index (χ1n) is 7.94. The normalized spacial score (nSPS) is 19.8. The van der Waals surface area contributed by atoms with Gasteiger partial charge in [0.15, 0.2) is 0 Å². The third-order valence-electron chi connectivity index (χ3n) is 5.02. The predicted octanol–water partition coefficient (Wildman–Crippen LogP) is 3.22. The molecule has 3 heteroatoms. The van der Waals surface area contributed by atoms with E-state index in [0.717, 1.165) is 12.8 Å². The van der Waals surface area contributed by atoms with Gasteiger partial charge < -0.3 is 4.90 Å². The quantitative estimate of drug-likeness (QED) is 0.441. The highest BCUT2D eigenvalue weighted by molar-refractivity contribution is 5.19. The Morgan fingerprint density at radius 3 is 2.37 bits per heavy atom. The molecule has 0 aliphatic heterocycles. The van der Waals surface area contributed by atoms with E-state index in [1.165, 1.54) is 44.1 Å². The van der Waals surface area contributed by atoms with Crippen molar-refractivity contribution in [2.75, 3.05) is 14.1 Å². The highest BCUT2D eigenvalue weighted by atomic mass is 15.3. The summed E-state index contributed by atoms with van der Waals surface area (Å²) in [5, 5.41) is 0. The van der Waals surface area contributed by atoms with Crippen molar-refractivity contribution in [3.8, 4) is 0 Å². The summed E-state index contributed by atoms with van der Waals surface area (Å²) in [6.45, 7) is 4.55. The maximum Gasteiger partial charge on any atom is 0.0603 e. The lowest BCUT2D eigenvalue weighted by atomic mass is 9.77. The Hall–Kier alpha value is -0.380. The van der Waals surface area contributed by atoms with Crippen LogP contribution in [-0.2, 0) is 0 Å². The first-order chi connectivity index (χ1) is 9.12. The fourth-order valence-electron chi connectivity index (χ4n) is 3.63. The van der Waals surface area contributed by atoms with Crippen LogP contribution < -0.4 is 11.3 Å². The van der Waals surface area contributed by atoms with Crippen molar-refractivity contribution < 1.29 is 0 Å². The SMILES string of the molecule is CCC(CC)(C(NN)C1=CCCCCCC1)N(C)C. The van der Waals surface area contributed by atoms with Gasteiger partial charge in [0.05, 0.1) is 6.04 Å². The second-order valence-electron chi connectivity index (χ2n) is 6.04. The summed E-state index contributed by atoms with van der Waals surface area (Å²) in [6, 6.07) is 0.274. The van der Waals surface area contributed by atoms with Gasteiger partial charge in [0.25, 0.3) is 0 Å². The number of nitrogens with one attached hydrogen (secondary N) is 1. The van der Waals surface area contributed by atoms with Gasteiger partial charge in [-0.3, -0.25) is 11.3 Å². The molecule has 0 aromatic carbocycles. The summed E-state index contributed by atoms with van der Waals surface area (Å²) in [7, 11) is 4.36. The Bertz CT molecular complexity index is 280. The summed E-state index contributed by atoms with van der Waals surface area (Å²) >= 11 is 0. The molecule has 1 rings (SSSR count). The van der Waals surface area contributed by atoms with Crippen molar-refractivity contribution >= 4 is 0 Å². The minimum absolute atomic E-state index is 0.125. The summed E-state index contributed by atoms with van der Waals surface area (Å²) in [5.41, 5.74) is 4.79. The van der Waals surface area contributed by atoms with Gasteiger partial charge in [-0.25, -0.2) is 0 Å². The minimum atomic E-state index is 0.125. The van der Waals surface area contributed by atoms with Gasteiger partial charge in [0.1, 0.15) is 0 Å². The van der Waals surface area contributed by atoms with Crippen LogP contribution in [0.2, 0.25) is 0 Å². The van der Waals surface area contributed by atoms with Crippen LogP contribution in [0, 0.1) is 0 Å². The van der Waals surface area contributed by atoms with E-state index >= 15 is 0 Å². The van der Waals surface area contributed by atoms with E-state index in [2.05, 4.69) is 44.3 Å². The molecule has 0 saturated carbocycles. The zero-order chi connectivity index (χ0) is 14.3.